The summed E-state index contributed by atoms with van der Waals surface area (Å²) in [5.74, 6) is 0.0651. The standard InChI is InChI=1S/C12H24N2O2/c1-4-14(10-5-6-10)7-11(16)13-8-12(2,3)9-15/h10,15H,4-9H2,1-3H3,(H,13,16). The lowest BCUT2D eigenvalue weighted by Crippen LogP contribution is -2.42. The van der Waals surface area contributed by atoms with Crippen molar-refractivity contribution in [1.82, 2.24) is 10.2 Å². The highest BCUT2D eigenvalue weighted by Gasteiger charge is 2.29. The highest BCUT2D eigenvalue weighted by atomic mass is 16.3. The van der Waals surface area contributed by atoms with Crippen molar-refractivity contribution in [2.24, 2.45) is 5.41 Å². The normalized spacial score (nSPS) is 16.6. The predicted molar refractivity (Wildman–Crippen MR) is 64.1 cm³/mol. The molecule has 0 aromatic rings. The van der Waals surface area contributed by atoms with Gasteiger partial charge in [0.2, 0.25) is 5.91 Å². The zero-order valence-electron chi connectivity index (χ0n) is 10.6. The molecule has 1 amide bonds. The van der Waals surface area contributed by atoms with Crippen LogP contribution >= 0.6 is 0 Å². The smallest absolute Gasteiger partial charge is 0.234 e. The fraction of sp³-hybridized carbons (Fsp3) is 0.917. The van der Waals surface area contributed by atoms with Crippen molar-refractivity contribution < 1.29 is 9.90 Å². The second-order valence-corrected chi connectivity index (χ2v) is 5.39. The fourth-order valence-corrected chi connectivity index (χ4v) is 1.57. The maximum atomic E-state index is 11.7. The highest BCUT2D eigenvalue weighted by Crippen LogP contribution is 2.25. The van der Waals surface area contributed by atoms with Crippen molar-refractivity contribution in [3.63, 3.8) is 0 Å². The molecule has 0 aromatic carbocycles. The number of carbonyl (C=O) groups excluding carboxylic acids is 1. The summed E-state index contributed by atoms with van der Waals surface area (Å²) in [4.78, 5) is 13.9. The summed E-state index contributed by atoms with van der Waals surface area (Å²) in [6, 6.07) is 0.626. The van der Waals surface area contributed by atoms with E-state index in [-0.39, 0.29) is 17.9 Å². The third-order valence-corrected chi connectivity index (χ3v) is 3.01. The fourth-order valence-electron chi connectivity index (χ4n) is 1.57. The van der Waals surface area contributed by atoms with Crippen LogP contribution in [0.25, 0.3) is 0 Å². The largest absolute Gasteiger partial charge is 0.396 e. The van der Waals surface area contributed by atoms with Crippen molar-refractivity contribution in [2.45, 2.75) is 39.7 Å². The van der Waals surface area contributed by atoms with Crippen LogP contribution in [0.3, 0.4) is 0 Å². The molecule has 0 spiro atoms. The topological polar surface area (TPSA) is 52.6 Å². The van der Waals surface area contributed by atoms with Gasteiger partial charge in [0.05, 0.1) is 6.54 Å². The second-order valence-electron chi connectivity index (χ2n) is 5.39. The van der Waals surface area contributed by atoms with Crippen LogP contribution in [0.5, 0.6) is 0 Å². The lowest BCUT2D eigenvalue weighted by Gasteiger charge is -2.24. The molecule has 1 saturated carbocycles. The van der Waals surface area contributed by atoms with Crippen molar-refractivity contribution >= 4 is 5.91 Å². The van der Waals surface area contributed by atoms with Crippen molar-refractivity contribution in [3.8, 4) is 0 Å². The summed E-state index contributed by atoms with van der Waals surface area (Å²) in [6.07, 6.45) is 2.45. The Morgan fingerprint density at radius 2 is 2.12 bits per heavy atom. The third-order valence-electron chi connectivity index (χ3n) is 3.01. The third kappa shape index (κ3) is 4.49. The summed E-state index contributed by atoms with van der Waals surface area (Å²) >= 11 is 0. The van der Waals surface area contributed by atoms with E-state index in [1.54, 1.807) is 0 Å². The van der Waals surface area contributed by atoms with Gasteiger partial charge in [-0.3, -0.25) is 9.69 Å². The molecule has 1 aliphatic carbocycles. The number of nitrogens with zero attached hydrogens (tertiary/aromatic N) is 1. The molecular formula is C12H24N2O2. The van der Waals surface area contributed by atoms with Gasteiger partial charge >= 0.3 is 0 Å². The van der Waals surface area contributed by atoms with Gasteiger partial charge in [-0.2, -0.15) is 0 Å². The second kappa shape index (κ2) is 5.64. The van der Waals surface area contributed by atoms with E-state index >= 15 is 0 Å². The van der Waals surface area contributed by atoms with Gasteiger partial charge < -0.3 is 10.4 Å². The maximum absolute atomic E-state index is 11.7. The van der Waals surface area contributed by atoms with Crippen LogP contribution in [-0.4, -0.2) is 48.2 Å². The molecule has 4 nitrogen and oxygen atoms in total. The Morgan fingerprint density at radius 3 is 2.56 bits per heavy atom. The first-order chi connectivity index (χ1) is 7.48. The van der Waals surface area contributed by atoms with E-state index in [1.165, 1.54) is 12.8 Å². The first-order valence-corrected chi connectivity index (χ1v) is 6.10. The van der Waals surface area contributed by atoms with Gasteiger partial charge in [-0.1, -0.05) is 20.8 Å². The van der Waals surface area contributed by atoms with Gasteiger partial charge in [0.25, 0.3) is 0 Å². The summed E-state index contributed by atoms with van der Waals surface area (Å²) in [5.41, 5.74) is -0.230. The van der Waals surface area contributed by atoms with Gasteiger partial charge in [-0.25, -0.2) is 0 Å². The summed E-state index contributed by atoms with van der Waals surface area (Å²) in [5, 5.41) is 12.0. The van der Waals surface area contributed by atoms with Crippen LogP contribution in [0.4, 0.5) is 0 Å². The van der Waals surface area contributed by atoms with Crippen LogP contribution in [0.2, 0.25) is 0 Å². The molecule has 0 bridgehead atoms. The van der Waals surface area contributed by atoms with Crippen LogP contribution in [-0.2, 0) is 4.79 Å². The Labute approximate surface area is 98.0 Å². The van der Waals surface area contributed by atoms with Gasteiger partial charge in [-0.05, 0) is 19.4 Å². The molecule has 0 heterocycles. The quantitative estimate of drug-likeness (QED) is 0.671. The number of likely N-dealkylation sites (N-methyl/N-ethyl adjacent to an activating group) is 1. The number of aliphatic hydroxyl groups excluding tert-OH is 1. The summed E-state index contributed by atoms with van der Waals surface area (Å²) in [7, 11) is 0. The summed E-state index contributed by atoms with van der Waals surface area (Å²) in [6.45, 7) is 8.00. The molecule has 0 radical (unpaired) electrons. The van der Waals surface area contributed by atoms with Crippen LogP contribution in [0, 0.1) is 5.41 Å². The number of rotatable bonds is 7. The number of carbonyl (C=O) groups is 1. The van der Waals surface area contributed by atoms with Crippen LogP contribution in [0.15, 0.2) is 0 Å². The average molecular weight is 228 g/mol. The molecule has 2 N–H and O–H groups in total. The minimum atomic E-state index is -0.230. The molecule has 4 heteroatoms. The van der Waals surface area contributed by atoms with Crippen LogP contribution < -0.4 is 5.32 Å². The predicted octanol–water partition coefficient (Wildman–Crippen LogP) is 0.605. The molecule has 0 saturated heterocycles. The monoisotopic (exact) mass is 228 g/mol. The number of aliphatic hydroxyl groups is 1. The van der Waals surface area contributed by atoms with E-state index in [0.717, 1.165) is 6.54 Å². The molecule has 1 fully saturated rings. The van der Waals surface area contributed by atoms with Gasteiger partial charge in [0, 0.05) is 24.6 Å². The lowest BCUT2D eigenvalue weighted by molar-refractivity contribution is -0.122. The Morgan fingerprint density at radius 1 is 1.50 bits per heavy atom. The Hall–Kier alpha value is -0.610. The Kier molecular flexibility index (Phi) is 4.74. The highest BCUT2D eigenvalue weighted by molar-refractivity contribution is 5.78. The van der Waals surface area contributed by atoms with Gasteiger partial charge in [0.15, 0.2) is 0 Å². The van der Waals surface area contributed by atoms with E-state index in [1.807, 2.05) is 13.8 Å². The maximum Gasteiger partial charge on any atom is 0.234 e. The van der Waals surface area contributed by atoms with E-state index in [0.29, 0.717) is 19.1 Å². The first kappa shape index (κ1) is 13.5. The molecule has 1 rings (SSSR count). The molecule has 0 unspecified atom stereocenters. The minimum Gasteiger partial charge on any atom is -0.396 e. The minimum absolute atomic E-state index is 0.0651. The first-order valence-electron chi connectivity index (χ1n) is 6.10. The van der Waals surface area contributed by atoms with Gasteiger partial charge in [-0.15, -0.1) is 0 Å². The van der Waals surface area contributed by atoms with Crippen molar-refractivity contribution in [1.29, 1.82) is 0 Å². The molecular weight excluding hydrogens is 204 g/mol. The molecule has 16 heavy (non-hydrogen) atoms. The van der Waals surface area contributed by atoms with Crippen LogP contribution in [0.1, 0.15) is 33.6 Å². The molecule has 94 valence electrons. The zero-order chi connectivity index (χ0) is 12.2. The summed E-state index contributed by atoms with van der Waals surface area (Å²) < 4.78 is 0. The lowest BCUT2D eigenvalue weighted by atomic mass is 9.95. The van der Waals surface area contributed by atoms with E-state index in [9.17, 15) is 4.79 Å². The Bertz CT molecular complexity index is 237. The molecule has 0 aliphatic heterocycles. The number of hydrogen-bond donors (Lipinski definition) is 2. The molecule has 0 aromatic heterocycles. The average Bonchev–Trinajstić information content (AvgIpc) is 3.07. The van der Waals surface area contributed by atoms with Crippen molar-refractivity contribution in [2.75, 3.05) is 26.2 Å². The number of hydrogen-bond acceptors (Lipinski definition) is 3. The molecule has 1 aliphatic rings. The van der Waals surface area contributed by atoms with E-state index in [2.05, 4.69) is 17.1 Å². The molecule has 0 atom stereocenters. The Balaban J connectivity index is 2.24. The SMILES string of the molecule is CCN(CC(=O)NCC(C)(C)CO)C1CC1. The number of nitrogens with one attached hydrogen (secondary N) is 1. The van der Waals surface area contributed by atoms with E-state index < -0.39 is 0 Å². The van der Waals surface area contributed by atoms with Gasteiger partial charge in [0.1, 0.15) is 0 Å². The zero-order valence-corrected chi connectivity index (χ0v) is 10.6. The van der Waals surface area contributed by atoms with E-state index in [4.69, 9.17) is 5.11 Å². The van der Waals surface area contributed by atoms with Crippen molar-refractivity contribution in [3.05, 3.63) is 0 Å². The number of amides is 1.